The summed E-state index contributed by atoms with van der Waals surface area (Å²) in [5, 5.41) is 12.3. The lowest BCUT2D eigenvalue weighted by molar-refractivity contribution is 0.415. The van der Waals surface area contributed by atoms with Gasteiger partial charge >= 0.3 is 0 Å². The molecule has 0 spiro atoms. The first-order valence-electron chi connectivity index (χ1n) is 7.06. The highest BCUT2D eigenvalue weighted by atomic mass is 16.5. The number of aromatic nitrogens is 5. The van der Waals surface area contributed by atoms with Crippen molar-refractivity contribution in [2.75, 3.05) is 19.0 Å². The maximum absolute atomic E-state index is 5.26. The lowest BCUT2D eigenvalue weighted by Gasteiger charge is -2.09. The number of hydrogen-bond acceptors (Lipinski definition) is 6. The van der Waals surface area contributed by atoms with Crippen LogP contribution in [-0.4, -0.2) is 39.2 Å². The molecule has 2 heterocycles. The Morgan fingerprint density at radius 1 is 1.30 bits per heavy atom. The second-order valence-electron chi connectivity index (χ2n) is 5.65. The monoisotopic (exact) mass is 276 g/mol. The van der Waals surface area contributed by atoms with Crippen molar-refractivity contribution >= 4 is 5.95 Å². The van der Waals surface area contributed by atoms with E-state index in [1.165, 1.54) is 25.7 Å². The van der Waals surface area contributed by atoms with Gasteiger partial charge in [0, 0.05) is 20.6 Å². The normalized spacial score (nSPS) is 15.9. The number of rotatable bonds is 4. The Morgan fingerprint density at radius 3 is 2.70 bits per heavy atom. The van der Waals surface area contributed by atoms with Gasteiger partial charge in [-0.05, 0) is 30.8 Å². The van der Waals surface area contributed by atoms with Crippen LogP contribution < -0.4 is 4.90 Å². The Kier molecular flexibility index (Phi) is 3.42. The first-order chi connectivity index (χ1) is 9.65. The van der Waals surface area contributed by atoms with E-state index in [4.69, 9.17) is 4.52 Å². The summed E-state index contributed by atoms with van der Waals surface area (Å²) in [7, 11) is 3.75. The van der Waals surface area contributed by atoms with Crippen molar-refractivity contribution in [2.45, 2.75) is 39.2 Å². The zero-order chi connectivity index (χ0) is 14.1. The molecule has 7 nitrogen and oxygen atoms in total. The summed E-state index contributed by atoms with van der Waals surface area (Å²) in [6.07, 6.45) is 5.25. The van der Waals surface area contributed by atoms with Gasteiger partial charge in [0.2, 0.25) is 0 Å². The standard InChI is InChI=1S/C13H20N6O/c1-9-11(12-14-13(16-20-12)18(2)3)15-17-19(9)8-10-6-4-5-7-10/h10H,4-8H2,1-3H3. The Labute approximate surface area is 118 Å². The van der Waals surface area contributed by atoms with Crippen LogP contribution in [0.2, 0.25) is 0 Å². The molecule has 108 valence electrons. The van der Waals surface area contributed by atoms with Crippen molar-refractivity contribution in [1.29, 1.82) is 0 Å². The van der Waals surface area contributed by atoms with Crippen LogP contribution in [0.5, 0.6) is 0 Å². The van der Waals surface area contributed by atoms with Crippen molar-refractivity contribution in [3.63, 3.8) is 0 Å². The molecule has 1 aliphatic rings. The van der Waals surface area contributed by atoms with E-state index in [9.17, 15) is 0 Å². The van der Waals surface area contributed by atoms with Gasteiger partial charge in [0.15, 0.2) is 5.69 Å². The van der Waals surface area contributed by atoms with Crippen molar-refractivity contribution < 1.29 is 4.52 Å². The van der Waals surface area contributed by atoms with Gasteiger partial charge in [0.1, 0.15) is 0 Å². The molecule has 0 radical (unpaired) electrons. The van der Waals surface area contributed by atoms with Gasteiger partial charge < -0.3 is 9.42 Å². The van der Waals surface area contributed by atoms with E-state index in [1.54, 1.807) is 4.90 Å². The molecule has 1 saturated carbocycles. The Hall–Kier alpha value is -1.92. The van der Waals surface area contributed by atoms with Crippen LogP contribution in [0.1, 0.15) is 31.4 Å². The average molecular weight is 276 g/mol. The van der Waals surface area contributed by atoms with Crippen molar-refractivity contribution in [3.05, 3.63) is 5.69 Å². The molecule has 2 aromatic rings. The summed E-state index contributed by atoms with van der Waals surface area (Å²) >= 11 is 0. The van der Waals surface area contributed by atoms with Gasteiger partial charge in [-0.3, -0.25) is 0 Å². The summed E-state index contributed by atoms with van der Waals surface area (Å²) in [6, 6.07) is 0. The first kappa shape index (κ1) is 13.1. The zero-order valence-corrected chi connectivity index (χ0v) is 12.2. The lowest BCUT2D eigenvalue weighted by Crippen LogP contribution is -2.10. The van der Waals surface area contributed by atoms with E-state index >= 15 is 0 Å². The van der Waals surface area contributed by atoms with E-state index in [1.807, 2.05) is 25.7 Å². The number of anilines is 1. The first-order valence-corrected chi connectivity index (χ1v) is 7.06. The minimum absolute atomic E-state index is 0.434. The van der Waals surface area contributed by atoms with E-state index in [0.29, 0.717) is 17.5 Å². The van der Waals surface area contributed by atoms with E-state index in [2.05, 4.69) is 20.5 Å². The molecule has 2 aromatic heterocycles. The molecule has 0 saturated heterocycles. The fourth-order valence-electron chi connectivity index (χ4n) is 2.66. The topological polar surface area (TPSA) is 72.9 Å². The minimum Gasteiger partial charge on any atom is -0.344 e. The second-order valence-corrected chi connectivity index (χ2v) is 5.65. The van der Waals surface area contributed by atoms with Gasteiger partial charge in [-0.25, -0.2) is 4.68 Å². The predicted octanol–water partition coefficient (Wildman–Crippen LogP) is 1.89. The third kappa shape index (κ3) is 2.39. The van der Waals surface area contributed by atoms with Crippen LogP contribution in [-0.2, 0) is 6.54 Å². The highest BCUT2D eigenvalue weighted by molar-refractivity contribution is 5.51. The Bertz CT molecular complexity index is 581. The van der Waals surface area contributed by atoms with Crippen LogP contribution in [0.25, 0.3) is 11.6 Å². The summed E-state index contributed by atoms with van der Waals surface area (Å²) in [4.78, 5) is 6.12. The molecule has 0 atom stereocenters. The molecule has 20 heavy (non-hydrogen) atoms. The van der Waals surface area contributed by atoms with E-state index in [-0.39, 0.29) is 0 Å². The van der Waals surface area contributed by atoms with Gasteiger partial charge in [-0.2, -0.15) is 4.98 Å². The quantitative estimate of drug-likeness (QED) is 0.849. The largest absolute Gasteiger partial charge is 0.344 e. The second kappa shape index (κ2) is 5.22. The Balaban J connectivity index is 1.81. The SMILES string of the molecule is Cc1c(-c2nc(N(C)C)no2)nnn1CC1CCCC1. The van der Waals surface area contributed by atoms with Gasteiger partial charge in [-0.15, -0.1) is 5.10 Å². The van der Waals surface area contributed by atoms with Gasteiger partial charge in [0.25, 0.3) is 11.8 Å². The Morgan fingerprint density at radius 2 is 2.05 bits per heavy atom. The van der Waals surface area contributed by atoms with Crippen molar-refractivity contribution in [3.8, 4) is 11.6 Å². The summed E-state index contributed by atoms with van der Waals surface area (Å²) in [5.74, 6) is 1.71. The molecule has 7 heteroatoms. The van der Waals surface area contributed by atoms with E-state index in [0.717, 1.165) is 18.2 Å². The molecular formula is C13H20N6O. The molecule has 1 fully saturated rings. The molecule has 0 aromatic carbocycles. The fraction of sp³-hybridized carbons (Fsp3) is 0.692. The van der Waals surface area contributed by atoms with Crippen molar-refractivity contribution in [1.82, 2.24) is 25.1 Å². The van der Waals surface area contributed by atoms with Crippen molar-refractivity contribution in [2.24, 2.45) is 5.92 Å². The molecule has 0 unspecified atom stereocenters. The molecule has 0 bridgehead atoms. The van der Waals surface area contributed by atoms with Crippen LogP contribution in [0, 0.1) is 12.8 Å². The highest BCUT2D eigenvalue weighted by Gasteiger charge is 2.21. The predicted molar refractivity (Wildman–Crippen MR) is 74.3 cm³/mol. The van der Waals surface area contributed by atoms with Crippen LogP contribution in [0.15, 0.2) is 4.52 Å². The van der Waals surface area contributed by atoms with Crippen LogP contribution in [0.4, 0.5) is 5.95 Å². The molecule has 3 rings (SSSR count). The summed E-state index contributed by atoms with van der Waals surface area (Å²) in [5.41, 5.74) is 1.68. The minimum atomic E-state index is 0.434. The molecule has 0 N–H and O–H groups in total. The lowest BCUT2D eigenvalue weighted by atomic mass is 10.1. The molecular weight excluding hydrogens is 256 g/mol. The molecule has 0 aliphatic heterocycles. The molecule has 1 aliphatic carbocycles. The fourth-order valence-corrected chi connectivity index (χ4v) is 2.66. The number of nitrogens with zero attached hydrogens (tertiary/aromatic N) is 6. The highest BCUT2D eigenvalue weighted by Crippen LogP contribution is 2.27. The maximum Gasteiger partial charge on any atom is 0.281 e. The van der Waals surface area contributed by atoms with Gasteiger partial charge in [-0.1, -0.05) is 18.1 Å². The summed E-state index contributed by atoms with van der Waals surface area (Å²) < 4.78 is 7.22. The molecule has 0 amide bonds. The average Bonchev–Trinajstić information content (AvgIpc) is 3.12. The third-order valence-corrected chi connectivity index (χ3v) is 3.91. The smallest absolute Gasteiger partial charge is 0.281 e. The van der Waals surface area contributed by atoms with E-state index < -0.39 is 0 Å². The van der Waals surface area contributed by atoms with Crippen LogP contribution in [0.3, 0.4) is 0 Å². The van der Waals surface area contributed by atoms with Gasteiger partial charge in [0.05, 0.1) is 5.69 Å². The summed E-state index contributed by atoms with van der Waals surface area (Å²) in [6.45, 7) is 2.94. The number of hydrogen-bond donors (Lipinski definition) is 0. The third-order valence-electron chi connectivity index (χ3n) is 3.91. The zero-order valence-electron chi connectivity index (χ0n) is 12.2. The maximum atomic E-state index is 5.26. The van der Waals surface area contributed by atoms with Crippen LogP contribution >= 0.6 is 0 Å².